The predicted molar refractivity (Wildman–Crippen MR) is 123 cm³/mol. The molecule has 1 N–H and O–H groups in total. The maximum atomic E-state index is 12.6. The molecule has 0 aliphatic rings. The minimum absolute atomic E-state index is 0.114. The number of hydrogen-bond acceptors (Lipinski definition) is 5. The van der Waals surface area contributed by atoms with Crippen molar-refractivity contribution in [3.63, 3.8) is 0 Å². The number of nitrogens with zero attached hydrogens (tertiary/aromatic N) is 1. The maximum Gasteiger partial charge on any atom is 0.232 e. The number of ether oxygens (including phenoxy) is 2. The van der Waals surface area contributed by atoms with Crippen molar-refractivity contribution in [1.29, 1.82) is 0 Å². The van der Waals surface area contributed by atoms with Crippen molar-refractivity contribution in [3.05, 3.63) is 53.6 Å². The van der Waals surface area contributed by atoms with Crippen molar-refractivity contribution in [1.82, 2.24) is 5.32 Å². The topological polar surface area (TPSA) is 84.9 Å². The Morgan fingerprint density at radius 1 is 1.10 bits per heavy atom. The van der Waals surface area contributed by atoms with Crippen LogP contribution >= 0.6 is 0 Å². The van der Waals surface area contributed by atoms with Crippen molar-refractivity contribution in [2.24, 2.45) is 0 Å². The molecule has 1 amide bonds. The van der Waals surface area contributed by atoms with Gasteiger partial charge >= 0.3 is 0 Å². The first-order valence-electron chi connectivity index (χ1n) is 10.3. The van der Waals surface area contributed by atoms with Gasteiger partial charge in [0.2, 0.25) is 15.9 Å². The summed E-state index contributed by atoms with van der Waals surface area (Å²) in [5.41, 5.74) is 2.49. The Morgan fingerprint density at radius 3 is 2.35 bits per heavy atom. The van der Waals surface area contributed by atoms with E-state index in [1.54, 1.807) is 31.4 Å². The van der Waals surface area contributed by atoms with Crippen molar-refractivity contribution >= 4 is 21.6 Å². The van der Waals surface area contributed by atoms with Crippen molar-refractivity contribution in [2.45, 2.75) is 39.2 Å². The lowest BCUT2D eigenvalue weighted by Crippen LogP contribution is -2.33. The number of rotatable bonds is 11. The second kappa shape index (κ2) is 11.0. The molecule has 0 saturated carbocycles. The van der Waals surface area contributed by atoms with Crippen LogP contribution in [0.3, 0.4) is 0 Å². The second-order valence-electron chi connectivity index (χ2n) is 7.37. The Bertz CT molecular complexity index is 991. The van der Waals surface area contributed by atoms with Crippen LogP contribution < -0.4 is 19.1 Å². The monoisotopic (exact) mass is 448 g/mol. The molecular formula is C23H32N2O5S. The molecule has 1 atom stereocenters. The van der Waals surface area contributed by atoms with Gasteiger partial charge in [0.1, 0.15) is 11.5 Å². The van der Waals surface area contributed by atoms with Gasteiger partial charge in [0.05, 0.1) is 32.2 Å². The SMILES string of the molecule is CCC(NC(=O)CCCN(c1ccccc1OC)S(C)(=O)=O)c1ccc(OC)c(C)c1. The molecule has 0 aliphatic carbocycles. The van der Waals surface area contributed by atoms with E-state index in [1.807, 2.05) is 32.0 Å². The number of carbonyl (C=O) groups excluding carboxylic acids is 1. The van der Waals surface area contributed by atoms with Crippen LogP contribution in [0.4, 0.5) is 5.69 Å². The third-order valence-electron chi connectivity index (χ3n) is 5.08. The normalized spacial score (nSPS) is 12.2. The number of benzene rings is 2. The van der Waals surface area contributed by atoms with E-state index in [2.05, 4.69) is 5.32 Å². The van der Waals surface area contributed by atoms with Crippen LogP contribution in [0.5, 0.6) is 11.5 Å². The van der Waals surface area contributed by atoms with Gasteiger partial charge in [-0.15, -0.1) is 0 Å². The molecule has 2 rings (SSSR count). The Kier molecular flexibility index (Phi) is 8.74. The summed E-state index contributed by atoms with van der Waals surface area (Å²) in [4.78, 5) is 12.6. The van der Waals surface area contributed by atoms with E-state index in [1.165, 1.54) is 11.4 Å². The molecule has 0 radical (unpaired) electrons. The van der Waals surface area contributed by atoms with Crippen molar-refractivity contribution in [3.8, 4) is 11.5 Å². The zero-order valence-electron chi connectivity index (χ0n) is 18.8. The molecule has 170 valence electrons. The fourth-order valence-corrected chi connectivity index (χ4v) is 4.46. The number of carbonyl (C=O) groups is 1. The Morgan fingerprint density at radius 2 is 1.77 bits per heavy atom. The summed E-state index contributed by atoms with van der Waals surface area (Å²) < 4.78 is 36.5. The average Bonchev–Trinajstić information content (AvgIpc) is 2.74. The lowest BCUT2D eigenvalue weighted by atomic mass is 10.0. The summed E-state index contributed by atoms with van der Waals surface area (Å²) in [6.07, 6.45) is 2.49. The van der Waals surface area contributed by atoms with Gasteiger partial charge in [-0.2, -0.15) is 0 Å². The van der Waals surface area contributed by atoms with Gasteiger partial charge in [0, 0.05) is 13.0 Å². The zero-order chi connectivity index (χ0) is 23.0. The number of sulfonamides is 1. The Labute approximate surface area is 185 Å². The molecule has 0 aliphatic heterocycles. The van der Waals surface area contributed by atoms with Gasteiger partial charge < -0.3 is 14.8 Å². The number of anilines is 1. The van der Waals surface area contributed by atoms with Crippen LogP contribution in [0.15, 0.2) is 42.5 Å². The largest absolute Gasteiger partial charge is 0.496 e. The van der Waals surface area contributed by atoms with Gasteiger partial charge in [-0.05, 0) is 49.1 Å². The molecule has 7 nitrogen and oxygen atoms in total. The molecule has 2 aromatic carbocycles. The fourth-order valence-electron chi connectivity index (χ4n) is 3.49. The van der Waals surface area contributed by atoms with E-state index in [9.17, 15) is 13.2 Å². The van der Waals surface area contributed by atoms with Crippen LogP contribution in [0.1, 0.15) is 43.4 Å². The number of methoxy groups -OCH3 is 2. The number of aryl methyl sites for hydroxylation is 1. The predicted octanol–water partition coefficient (Wildman–Crippen LogP) is 3.83. The average molecular weight is 449 g/mol. The molecule has 0 fully saturated rings. The van der Waals surface area contributed by atoms with E-state index in [0.29, 0.717) is 17.9 Å². The quantitative estimate of drug-likeness (QED) is 0.565. The molecule has 0 heterocycles. The smallest absolute Gasteiger partial charge is 0.232 e. The van der Waals surface area contributed by atoms with Crippen LogP contribution in [-0.4, -0.2) is 41.3 Å². The Hall–Kier alpha value is -2.74. The highest BCUT2D eigenvalue weighted by atomic mass is 32.2. The summed E-state index contributed by atoms with van der Waals surface area (Å²) in [6.45, 7) is 4.16. The molecule has 0 aromatic heterocycles. The van der Waals surface area contributed by atoms with Gasteiger partial charge in [-0.1, -0.05) is 31.2 Å². The summed E-state index contributed by atoms with van der Waals surface area (Å²) >= 11 is 0. The first kappa shape index (κ1) is 24.5. The number of para-hydroxylation sites is 2. The molecule has 31 heavy (non-hydrogen) atoms. The summed E-state index contributed by atoms with van der Waals surface area (Å²) in [5.74, 6) is 1.16. The van der Waals surface area contributed by atoms with E-state index < -0.39 is 10.0 Å². The molecular weight excluding hydrogens is 416 g/mol. The molecule has 1 unspecified atom stereocenters. The number of nitrogens with one attached hydrogen (secondary N) is 1. The van der Waals surface area contributed by atoms with E-state index in [-0.39, 0.29) is 24.9 Å². The van der Waals surface area contributed by atoms with Crippen LogP contribution in [0, 0.1) is 6.92 Å². The van der Waals surface area contributed by atoms with Gasteiger partial charge in [0.15, 0.2) is 0 Å². The minimum atomic E-state index is -3.52. The first-order chi connectivity index (χ1) is 14.7. The van der Waals surface area contributed by atoms with Crippen LogP contribution in [0.25, 0.3) is 0 Å². The zero-order valence-corrected chi connectivity index (χ0v) is 19.7. The molecule has 0 bridgehead atoms. The summed E-state index contributed by atoms with van der Waals surface area (Å²) in [6, 6.07) is 12.7. The number of hydrogen-bond donors (Lipinski definition) is 1. The lowest BCUT2D eigenvalue weighted by molar-refractivity contribution is -0.121. The van der Waals surface area contributed by atoms with Crippen molar-refractivity contribution in [2.75, 3.05) is 31.3 Å². The van der Waals surface area contributed by atoms with E-state index >= 15 is 0 Å². The third kappa shape index (κ3) is 6.62. The number of amides is 1. The van der Waals surface area contributed by atoms with Gasteiger partial charge in [-0.25, -0.2) is 8.42 Å². The molecule has 2 aromatic rings. The van der Waals surface area contributed by atoms with Crippen molar-refractivity contribution < 1.29 is 22.7 Å². The van der Waals surface area contributed by atoms with Gasteiger partial charge in [-0.3, -0.25) is 9.10 Å². The third-order valence-corrected chi connectivity index (χ3v) is 6.26. The molecule has 8 heteroatoms. The summed E-state index contributed by atoms with van der Waals surface area (Å²) in [7, 11) is -0.391. The summed E-state index contributed by atoms with van der Waals surface area (Å²) in [5, 5.41) is 3.05. The van der Waals surface area contributed by atoms with Crippen LogP contribution in [-0.2, 0) is 14.8 Å². The maximum absolute atomic E-state index is 12.6. The highest BCUT2D eigenvalue weighted by Gasteiger charge is 2.21. The second-order valence-corrected chi connectivity index (χ2v) is 9.27. The van der Waals surface area contributed by atoms with Crippen LogP contribution in [0.2, 0.25) is 0 Å². The van der Waals surface area contributed by atoms with Gasteiger partial charge in [0.25, 0.3) is 0 Å². The molecule has 0 spiro atoms. The van der Waals surface area contributed by atoms with E-state index in [4.69, 9.17) is 9.47 Å². The van der Waals surface area contributed by atoms with E-state index in [0.717, 1.165) is 29.6 Å². The minimum Gasteiger partial charge on any atom is -0.496 e. The highest BCUT2D eigenvalue weighted by Crippen LogP contribution is 2.30. The highest BCUT2D eigenvalue weighted by molar-refractivity contribution is 7.92. The molecule has 0 saturated heterocycles. The fraction of sp³-hybridized carbons (Fsp3) is 0.435. The lowest BCUT2D eigenvalue weighted by Gasteiger charge is -2.24. The standard InChI is InChI=1S/C23H32N2O5S/c1-6-19(18-13-14-21(29-3)17(2)16-18)24-23(26)12-9-15-25(31(5,27)28)20-10-7-8-11-22(20)30-4/h7-8,10-11,13-14,16,19H,6,9,12,15H2,1-5H3,(H,24,26). The Balaban J connectivity index is 2.02. The first-order valence-corrected chi connectivity index (χ1v) is 12.1.